The molecule has 2 aliphatic rings. The van der Waals surface area contributed by atoms with Gasteiger partial charge in [0.15, 0.2) is 0 Å². The monoisotopic (exact) mass is 165 g/mol. The molecule has 0 aromatic rings. The van der Waals surface area contributed by atoms with Gasteiger partial charge < -0.3 is 4.90 Å². The molecule has 12 heavy (non-hydrogen) atoms. The van der Waals surface area contributed by atoms with Gasteiger partial charge in [-0.05, 0) is 45.7 Å². The minimum absolute atomic E-state index is 0.562. The van der Waals surface area contributed by atoms with E-state index in [1.165, 1.54) is 45.1 Å². The van der Waals surface area contributed by atoms with E-state index in [-0.39, 0.29) is 0 Å². The number of nitrogens with zero attached hydrogens (tertiary/aromatic N) is 1. The summed E-state index contributed by atoms with van der Waals surface area (Å²) in [6.45, 7) is 1.31. The first kappa shape index (κ1) is 8.31. The van der Waals surface area contributed by atoms with Gasteiger partial charge in [-0.2, -0.15) is 0 Å². The third-order valence-electron chi connectivity index (χ3n) is 3.64. The summed E-state index contributed by atoms with van der Waals surface area (Å²) in [5.41, 5.74) is 0.562. The lowest BCUT2D eigenvalue weighted by molar-refractivity contribution is 0.0640. The zero-order valence-corrected chi connectivity index (χ0v) is 8.05. The summed E-state index contributed by atoms with van der Waals surface area (Å²) in [6, 6.07) is 0. The Morgan fingerprint density at radius 3 is 2.75 bits per heavy atom. The molecular weight excluding hydrogens is 146 g/mol. The van der Waals surface area contributed by atoms with Crippen molar-refractivity contribution in [1.29, 1.82) is 0 Å². The van der Waals surface area contributed by atoms with Gasteiger partial charge in [0, 0.05) is 5.54 Å². The van der Waals surface area contributed by atoms with Crippen LogP contribution < -0.4 is 0 Å². The summed E-state index contributed by atoms with van der Waals surface area (Å²) in [6.07, 6.45) is 13.0. The normalized spacial score (nSPS) is 37.4. The summed E-state index contributed by atoms with van der Waals surface area (Å²) in [5.74, 6) is 0. The van der Waals surface area contributed by atoms with E-state index in [0.29, 0.717) is 5.54 Å². The number of hydrogen-bond acceptors (Lipinski definition) is 1. The number of hydrogen-bond donors (Lipinski definition) is 0. The molecule has 1 unspecified atom stereocenters. The Balaban J connectivity index is 2.10. The Morgan fingerprint density at radius 2 is 2.08 bits per heavy atom. The number of piperidine rings is 1. The Hall–Kier alpha value is -0.300. The average molecular weight is 165 g/mol. The van der Waals surface area contributed by atoms with Crippen molar-refractivity contribution in [2.45, 2.75) is 44.1 Å². The number of likely N-dealkylation sites (tertiary alicyclic amines) is 1. The Morgan fingerprint density at radius 1 is 1.17 bits per heavy atom. The molecule has 2 rings (SSSR count). The summed E-state index contributed by atoms with van der Waals surface area (Å²) in [4.78, 5) is 2.60. The topological polar surface area (TPSA) is 3.24 Å². The fourth-order valence-corrected chi connectivity index (χ4v) is 2.68. The lowest BCUT2D eigenvalue weighted by Gasteiger charge is -2.46. The van der Waals surface area contributed by atoms with Gasteiger partial charge >= 0.3 is 0 Å². The maximum absolute atomic E-state index is 2.60. The predicted octanol–water partition coefficient (Wildman–Crippen LogP) is 2.58. The van der Waals surface area contributed by atoms with Crippen molar-refractivity contribution in [3.63, 3.8) is 0 Å². The third kappa shape index (κ3) is 1.31. The first-order chi connectivity index (χ1) is 5.83. The maximum atomic E-state index is 2.60. The maximum Gasteiger partial charge on any atom is 0.0243 e. The van der Waals surface area contributed by atoms with Crippen LogP contribution in [-0.2, 0) is 0 Å². The molecule has 0 N–H and O–H groups in total. The van der Waals surface area contributed by atoms with E-state index >= 15 is 0 Å². The lowest BCUT2D eigenvalue weighted by atomic mass is 9.78. The van der Waals surface area contributed by atoms with E-state index in [1.807, 2.05) is 0 Å². The largest absolute Gasteiger partial charge is 0.300 e. The van der Waals surface area contributed by atoms with Crippen LogP contribution in [0.15, 0.2) is 12.2 Å². The Bertz CT molecular complexity index is 185. The van der Waals surface area contributed by atoms with E-state index in [2.05, 4.69) is 24.1 Å². The van der Waals surface area contributed by atoms with Crippen LogP contribution in [0, 0.1) is 0 Å². The van der Waals surface area contributed by atoms with Crippen molar-refractivity contribution in [2.24, 2.45) is 0 Å². The van der Waals surface area contributed by atoms with Crippen LogP contribution in [0.5, 0.6) is 0 Å². The molecule has 1 aliphatic carbocycles. The summed E-state index contributed by atoms with van der Waals surface area (Å²) in [5, 5.41) is 0. The lowest BCUT2D eigenvalue weighted by Crippen LogP contribution is -2.49. The highest BCUT2D eigenvalue weighted by Crippen LogP contribution is 2.36. The zero-order chi connectivity index (χ0) is 8.44. The van der Waals surface area contributed by atoms with E-state index in [0.717, 1.165) is 0 Å². The van der Waals surface area contributed by atoms with Crippen LogP contribution >= 0.6 is 0 Å². The van der Waals surface area contributed by atoms with Crippen LogP contribution in [0.1, 0.15) is 38.5 Å². The van der Waals surface area contributed by atoms with E-state index in [9.17, 15) is 0 Å². The quantitative estimate of drug-likeness (QED) is 0.499. The van der Waals surface area contributed by atoms with Gasteiger partial charge in [-0.3, -0.25) is 0 Å². The molecule has 1 spiro atoms. The molecule has 1 heterocycles. The molecule has 0 saturated carbocycles. The van der Waals surface area contributed by atoms with Gasteiger partial charge in [0.05, 0.1) is 0 Å². The Labute approximate surface area is 75.4 Å². The molecule has 0 aromatic heterocycles. The molecule has 1 heteroatoms. The third-order valence-corrected chi connectivity index (χ3v) is 3.64. The van der Waals surface area contributed by atoms with Crippen molar-refractivity contribution < 1.29 is 0 Å². The van der Waals surface area contributed by atoms with E-state index < -0.39 is 0 Å². The molecule has 1 atom stereocenters. The van der Waals surface area contributed by atoms with Gasteiger partial charge in [-0.25, -0.2) is 0 Å². The van der Waals surface area contributed by atoms with Crippen LogP contribution in [-0.4, -0.2) is 24.0 Å². The number of rotatable bonds is 0. The standard InChI is InChI=1S/C11H19N/c1-12-10-6-5-9-11(12)7-3-2-4-8-11/h2-3H,4-10H2,1H3. The molecule has 68 valence electrons. The summed E-state index contributed by atoms with van der Waals surface area (Å²) < 4.78 is 0. The summed E-state index contributed by atoms with van der Waals surface area (Å²) in [7, 11) is 2.30. The SMILES string of the molecule is CN1CCCCC12CC=CCC2. The van der Waals surface area contributed by atoms with Crippen molar-refractivity contribution in [3.8, 4) is 0 Å². The van der Waals surface area contributed by atoms with E-state index in [1.54, 1.807) is 0 Å². The first-order valence-electron chi connectivity index (χ1n) is 5.20. The second-order valence-corrected chi connectivity index (χ2v) is 4.32. The number of allylic oxidation sites excluding steroid dienone is 1. The van der Waals surface area contributed by atoms with Gasteiger partial charge in [-0.15, -0.1) is 0 Å². The fourth-order valence-electron chi connectivity index (χ4n) is 2.68. The average Bonchev–Trinajstić information content (AvgIpc) is 2.12. The second-order valence-electron chi connectivity index (χ2n) is 4.32. The van der Waals surface area contributed by atoms with Crippen LogP contribution in [0.2, 0.25) is 0 Å². The van der Waals surface area contributed by atoms with E-state index in [4.69, 9.17) is 0 Å². The van der Waals surface area contributed by atoms with Gasteiger partial charge in [-0.1, -0.05) is 18.6 Å². The van der Waals surface area contributed by atoms with Gasteiger partial charge in [0.25, 0.3) is 0 Å². The highest BCUT2D eigenvalue weighted by molar-refractivity contribution is 5.04. The smallest absolute Gasteiger partial charge is 0.0243 e. The van der Waals surface area contributed by atoms with Gasteiger partial charge in [0.2, 0.25) is 0 Å². The minimum atomic E-state index is 0.562. The molecule has 0 amide bonds. The molecule has 1 saturated heterocycles. The Kier molecular flexibility index (Phi) is 2.22. The van der Waals surface area contributed by atoms with Crippen molar-refractivity contribution in [2.75, 3.05) is 13.6 Å². The first-order valence-corrected chi connectivity index (χ1v) is 5.20. The minimum Gasteiger partial charge on any atom is -0.300 e. The predicted molar refractivity (Wildman–Crippen MR) is 52.2 cm³/mol. The second kappa shape index (κ2) is 3.21. The van der Waals surface area contributed by atoms with Crippen molar-refractivity contribution >= 4 is 0 Å². The van der Waals surface area contributed by atoms with Crippen LogP contribution in [0.3, 0.4) is 0 Å². The van der Waals surface area contributed by atoms with Gasteiger partial charge in [0.1, 0.15) is 0 Å². The molecule has 1 aliphatic heterocycles. The van der Waals surface area contributed by atoms with Crippen molar-refractivity contribution in [1.82, 2.24) is 4.90 Å². The molecule has 0 bridgehead atoms. The highest BCUT2D eigenvalue weighted by Gasteiger charge is 2.35. The molecule has 1 nitrogen and oxygen atoms in total. The molecule has 0 radical (unpaired) electrons. The summed E-state index contributed by atoms with van der Waals surface area (Å²) >= 11 is 0. The molecule has 1 fully saturated rings. The molecule has 0 aromatic carbocycles. The van der Waals surface area contributed by atoms with Crippen LogP contribution in [0.25, 0.3) is 0 Å². The van der Waals surface area contributed by atoms with Crippen LogP contribution in [0.4, 0.5) is 0 Å². The van der Waals surface area contributed by atoms with Crippen molar-refractivity contribution in [3.05, 3.63) is 12.2 Å². The highest BCUT2D eigenvalue weighted by atomic mass is 15.2. The zero-order valence-electron chi connectivity index (χ0n) is 8.05. The fraction of sp³-hybridized carbons (Fsp3) is 0.818. The molecular formula is C11H19N.